The van der Waals surface area contributed by atoms with Crippen LogP contribution >= 0.6 is 11.6 Å². The van der Waals surface area contributed by atoms with Gasteiger partial charge in [-0.15, -0.1) is 0 Å². The summed E-state index contributed by atoms with van der Waals surface area (Å²) in [5.74, 6) is -0.225. The van der Waals surface area contributed by atoms with Crippen molar-refractivity contribution in [3.8, 4) is 34.5 Å². The summed E-state index contributed by atoms with van der Waals surface area (Å²) < 4.78 is 111. The second-order valence-electron chi connectivity index (χ2n) is 20.0. The van der Waals surface area contributed by atoms with E-state index in [0.29, 0.717) is 35.8 Å². The molecule has 0 unspecified atom stereocenters. The number of nitrogens with one attached hydrogen (secondary N) is 1. The molecule has 8 rings (SSSR count). The number of fused-ring (bicyclic) bond motifs is 2. The highest BCUT2D eigenvalue weighted by Gasteiger charge is 2.49. The van der Waals surface area contributed by atoms with Gasteiger partial charge in [0.1, 0.15) is 60.2 Å². The molecule has 0 bridgehead atoms. The Hall–Kier alpha value is -6.06. The Morgan fingerprint density at radius 3 is 2.27 bits per heavy atom. The summed E-state index contributed by atoms with van der Waals surface area (Å²) in [5, 5.41) is 2.08. The minimum Gasteiger partial charge on any atom is -0.497 e. The largest absolute Gasteiger partial charge is 0.497 e. The third-order valence-electron chi connectivity index (χ3n) is 13.5. The molecule has 2 atom stereocenters. The van der Waals surface area contributed by atoms with Crippen molar-refractivity contribution in [2.75, 3.05) is 64.3 Å². The second kappa shape index (κ2) is 22.8. The number of halogens is 6. The van der Waals surface area contributed by atoms with E-state index >= 15 is 22.4 Å². The molecule has 3 N–H and O–H groups in total. The van der Waals surface area contributed by atoms with Crippen molar-refractivity contribution < 1.29 is 45.6 Å². The predicted molar refractivity (Wildman–Crippen MR) is 278 cm³/mol. The monoisotopic (exact) mass is 1060 g/mol. The maximum atomic E-state index is 18.1. The number of nitrogens with zero attached hydrogens (tertiary/aromatic N) is 6. The molecule has 14 nitrogen and oxygen atoms in total. The first-order chi connectivity index (χ1) is 35.3. The molecule has 2 aliphatic rings. The lowest BCUT2D eigenvalue weighted by atomic mass is 9.95. The number of hydrogen-bond acceptors (Lipinski definition) is 13. The predicted octanol–water partition coefficient (Wildman–Crippen LogP) is 10.2. The lowest BCUT2D eigenvalue weighted by molar-refractivity contribution is -0.137. The molecular weight excluding hydrogens is 1000 g/mol. The molecule has 2 aliphatic heterocycles. The van der Waals surface area contributed by atoms with Crippen LogP contribution in [0.2, 0.25) is 30.7 Å². The number of anilines is 2. The molecule has 6 aromatic rings. The van der Waals surface area contributed by atoms with Crippen LogP contribution in [-0.4, -0.2) is 97.9 Å². The SMILES string of the molecule is COc1ccc(CN(Cc2ccc(OC)cc2)c2cc(C)c(C(F)(F)F)c(-c3c(Cl)c(OCCNCc4cccnc4N)c4c(=O)n(COCC[Si](C)(C)C)c(OC[C@@]56CCCN5C[C@H](F)C6)nc4c3F)n2)cc1. The molecule has 396 valence electrons. The number of aryl methyl sites for hydroxylation is 1. The van der Waals surface area contributed by atoms with Crippen LogP contribution in [0.5, 0.6) is 23.3 Å². The van der Waals surface area contributed by atoms with Gasteiger partial charge < -0.3 is 39.6 Å². The van der Waals surface area contributed by atoms with Gasteiger partial charge in [-0.3, -0.25) is 9.69 Å². The Morgan fingerprint density at radius 1 is 0.973 bits per heavy atom. The molecule has 21 heteroatoms. The van der Waals surface area contributed by atoms with Crippen molar-refractivity contribution >= 4 is 42.2 Å². The number of aromatic nitrogens is 4. The van der Waals surface area contributed by atoms with Crippen molar-refractivity contribution in [2.24, 2.45) is 0 Å². The van der Waals surface area contributed by atoms with Gasteiger partial charge in [0.2, 0.25) is 0 Å². The van der Waals surface area contributed by atoms with Gasteiger partial charge in [-0.25, -0.2) is 23.3 Å². The van der Waals surface area contributed by atoms with Gasteiger partial charge in [0.25, 0.3) is 5.56 Å². The number of alkyl halides is 4. The Labute approximate surface area is 432 Å². The molecule has 2 saturated heterocycles. The molecule has 0 amide bonds. The van der Waals surface area contributed by atoms with Crippen molar-refractivity contribution in [3.63, 3.8) is 0 Å². The number of ether oxygens (including phenoxy) is 5. The molecule has 0 spiro atoms. The summed E-state index contributed by atoms with van der Waals surface area (Å²) in [6.07, 6.45) is -3.05. The van der Waals surface area contributed by atoms with Gasteiger partial charge in [-0.1, -0.05) is 61.6 Å². The fraction of sp³-hybridized carbons (Fsp3) is 0.434. The molecule has 2 fully saturated rings. The topological polar surface area (TPSA) is 151 Å². The van der Waals surface area contributed by atoms with E-state index in [1.54, 1.807) is 47.5 Å². The molecule has 3 aromatic heterocycles. The summed E-state index contributed by atoms with van der Waals surface area (Å²) in [6.45, 7) is 8.92. The molecule has 5 heterocycles. The van der Waals surface area contributed by atoms with Crippen molar-refractivity contribution in [1.29, 1.82) is 0 Å². The zero-order chi connectivity index (χ0) is 53.0. The maximum Gasteiger partial charge on any atom is 0.418 e. The van der Waals surface area contributed by atoms with Crippen LogP contribution in [0.4, 0.5) is 33.6 Å². The Balaban J connectivity index is 1.30. The number of benzene rings is 3. The Kier molecular flexibility index (Phi) is 16.7. The van der Waals surface area contributed by atoms with E-state index in [-0.39, 0.29) is 83.1 Å². The highest BCUT2D eigenvalue weighted by Crippen LogP contribution is 2.48. The number of nitrogens with two attached hydrogens (primary N) is 1. The van der Waals surface area contributed by atoms with Crippen LogP contribution in [0, 0.1) is 12.7 Å². The van der Waals surface area contributed by atoms with E-state index in [9.17, 15) is 4.39 Å². The first kappa shape index (κ1) is 54.2. The molecule has 0 saturated carbocycles. The van der Waals surface area contributed by atoms with E-state index in [4.69, 9.17) is 41.0 Å². The van der Waals surface area contributed by atoms with Crippen LogP contribution in [0.1, 0.15) is 47.1 Å². The standard InChI is InChI=1S/C53H62ClF5N8O6Si/c1-33-25-40(65(28-34-10-14-38(69-2)15-11-34)29-35-12-16-39(70-3)17-13-35)63-46(43(33)53(57,58)59)41-44(54)48(72-22-20-61-27-36-9-7-19-62-49(36)60)42-47(45(41)56)64-51(67(50(42)68)32-71-23-24-74(4,5)6)73-31-52-18-8-21-66(52)30-37(55)26-52/h7,9-17,19,25,37,61H,8,18,20-24,26-32H2,1-6H3,(H2,60,62)/t37-,52+/m1/s1. The third-order valence-corrected chi connectivity index (χ3v) is 15.6. The van der Waals surface area contributed by atoms with Crippen LogP contribution in [-0.2, 0) is 37.3 Å². The lowest BCUT2D eigenvalue weighted by Gasteiger charge is -2.31. The average Bonchev–Trinajstić information content (AvgIpc) is 3.89. The second-order valence-corrected chi connectivity index (χ2v) is 26.0. The summed E-state index contributed by atoms with van der Waals surface area (Å²) in [5.41, 5.74) is 2.82. The van der Waals surface area contributed by atoms with E-state index in [1.807, 2.05) is 29.2 Å². The van der Waals surface area contributed by atoms with E-state index in [1.165, 1.54) is 27.2 Å². The van der Waals surface area contributed by atoms with Gasteiger partial charge in [0.15, 0.2) is 11.6 Å². The Morgan fingerprint density at radius 2 is 1.65 bits per heavy atom. The third kappa shape index (κ3) is 12.2. The van der Waals surface area contributed by atoms with Gasteiger partial charge in [0.05, 0.1) is 41.6 Å². The normalized spacial score (nSPS) is 16.9. The number of methoxy groups -OCH3 is 2. The highest BCUT2D eigenvalue weighted by molar-refractivity contribution is 6.76. The van der Waals surface area contributed by atoms with Crippen LogP contribution in [0.3, 0.4) is 0 Å². The van der Waals surface area contributed by atoms with Gasteiger partial charge in [0, 0.05) is 65.6 Å². The Bertz CT molecular complexity index is 2950. The van der Waals surface area contributed by atoms with Crippen LogP contribution < -0.4 is 40.5 Å². The molecule has 74 heavy (non-hydrogen) atoms. The van der Waals surface area contributed by atoms with Gasteiger partial charge >= 0.3 is 12.2 Å². The van der Waals surface area contributed by atoms with Gasteiger partial charge in [-0.05, 0) is 85.4 Å². The number of hydrogen-bond donors (Lipinski definition) is 2. The zero-order valence-electron chi connectivity index (χ0n) is 42.4. The molecule has 3 aromatic carbocycles. The van der Waals surface area contributed by atoms with Crippen LogP contribution in [0.15, 0.2) is 77.7 Å². The van der Waals surface area contributed by atoms with Crippen LogP contribution in [0.25, 0.3) is 22.2 Å². The number of rotatable bonds is 22. The van der Waals surface area contributed by atoms with E-state index < -0.39 is 75.8 Å². The van der Waals surface area contributed by atoms with Crippen molar-refractivity contribution in [3.05, 3.63) is 122 Å². The minimum atomic E-state index is -5.09. The number of nitrogen functional groups attached to an aromatic ring is 1. The maximum absolute atomic E-state index is 18.1. The number of pyridine rings is 2. The molecule has 0 radical (unpaired) electrons. The highest BCUT2D eigenvalue weighted by atomic mass is 35.5. The summed E-state index contributed by atoms with van der Waals surface area (Å²) in [4.78, 5) is 32.2. The summed E-state index contributed by atoms with van der Waals surface area (Å²) >= 11 is 7.21. The minimum absolute atomic E-state index is 0.0556. The van der Waals surface area contributed by atoms with Gasteiger partial charge in [-0.2, -0.15) is 18.2 Å². The van der Waals surface area contributed by atoms with Crippen molar-refractivity contribution in [2.45, 2.75) is 96.1 Å². The van der Waals surface area contributed by atoms with E-state index in [0.717, 1.165) is 28.2 Å². The quantitative estimate of drug-likeness (QED) is 0.0377. The first-order valence-electron chi connectivity index (χ1n) is 24.5. The molecule has 0 aliphatic carbocycles. The molecular formula is C53H62ClF5N8O6Si. The fourth-order valence-electron chi connectivity index (χ4n) is 9.61. The average molecular weight is 1070 g/mol. The summed E-state index contributed by atoms with van der Waals surface area (Å²) in [6, 6.07) is 19.5. The van der Waals surface area contributed by atoms with E-state index in [2.05, 4.69) is 39.9 Å². The lowest BCUT2D eigenvalue weighted by Crippen LogP contribution is -2.44. The smallest absolute Gasteiger partial charge is 0.418 e. The fourth-order valence-corrected chi connectivity index (χ4v) is 10.7. The van der Waals surface area contributed by atoms with Crippen molar-refractivity contribution in [1.82, 2.24) is 29.7 Å². The summed E-state index contributed by atoms with van der Waals surface area (Å²) in [7, 11) is 1.46. The zero-order valence-corrected chi connectivity index (χ0v) is 44.1. The first-order valence-corrected chi connectivity index (χ1v) is 28.6.